The van der Waals surface area contributed by atoms with E-state index in [1.165, 1.54) is 0 Å². The van der Waals surface area contributed by atoms with Gasteiger partial charge in [-0.3, -0.25) is 4.79 Å². The fourth-order valence-corrected chi connectivity index (χ4v) is 2.19. The summed E-state index contributed by atoms with van der Waals surface area (Å²) < 4.78 is 0. The summed E-state index contributed by atoms with van der Waals surface area (Å²) in [6.07, 6.45) is 0. The van der Waals surface area contributed by atoms with Crippen LogP contribution >= 0.6 is 0 Å². The lowest BCUT2D eigenvalue weighted by Gasteiger charge is -2.27. The van der Waals surface area contributed by atoms with E-state index in [2.05, 4.69) is 43.0 Å². The maximum atomic E-state index is 11.4. The Kier molecular flexibility index (Phi) is 5.93. The average Bonchev–Trinajstić information content (AvgIpc) is 2.36. The van der Waals surface area contributed by atoms with Crippen molar-refractivity contribution in [3.05, 3.63) is 11.4 Å². The molecule has 118 valence electrons. The molecule has 1 rings (SSSR count). The van der Waals surface area contributed by atoms with Crippen molar-refractivity contribution in [2.45, 2.75) is 40.5 Å². The van der Waals surface area contributed by atoms with Crippen molar-refractivity contribution in [2.75, 3.05) is 30.4 Å². The van der Waals surface area contributed by atoms with E-state index in [0.29, 0.717) is 5.92 Å². The van der Waals surface area contributed by atoms with Gasteiger partial charge in [-0.2, -0.15) is 0 Å². The Balaban J connectivity index is 3.33. The fraction of sp³-hybridized carbons (Fsp3) is 0.667. The minimum absolute atomic E-state index is 0.163. The molecule has 0 spiro atoms. The first kappa shape index (κ1) is 17.2. The molecule has 0 saturated heterocycles. The summed E-state index contributed by atoms with van der Waals surface area (Å²) in [5, 5.41) is 3.10. The standard InChI is InChI=1S/C15H27N5O/c1-9(2)7-20(8-12(16)21)15-11(5)14(17-6)18-13(19-15)10(3)4/h9-10H,7-8H2,1-6H3,(H2,16,21)(H,17,18,19). The molecule has 0 atom stereocenters. The van der Waals surface area contributed by atoms with E-state index in [0.717, 1.165) is 29.6 Å². The van der Waals surface area contributed by atoms with Crippen LogP contribution in [0.4, 0.5) is 11.6 Å². The van der Waals surface area contributed by atoms with E-state index in [4.69, 9.17) is 5.73 Å². The number of carbonyl (C=O) groups excluding carboxylic acids is 1. The molecule has 3 N–H and O–H groups in total. The zero-order chi connectivity index (χ0) is 16.2. The summed E-state index contributed by atoms with van der Waals surface area (Å²) in [4.78, 5) is 22.5. The molecule has 6 heteroatoms. The third-order valence-corrected chi connectivity index (χ3v) is 3.12. The van der Waals surface area contributed by atoms with Gasteiger partial charge < -0.3 is 16.0 Å². The molecule has 1 amide bonds. The lowest BCUT2D eigenvalue weighted by molar-refractivity contribution is -0.116. The van der Waals surface area contributed by atoms with Crippen molar-refractivity contribution in [3.8, 4) is 0 Å². The molecule has 0 fully saturated rings. The monoisotopic (exact) mass is 293 g/mol. The number of anilines is 2. The highest BCUT2D eigenvalue weighted by Crippen LogP contribution is 2.26. The van der Waals surface area contributed by atoms with E-state index in [-0.39, 0.29) is 18.4 Å². The Labute approximate surface area is 127 Å². The van der Waals surface area contributed by atoms with Crippen LogP contribution in [0.25, 0.3) is 0 Å². The van der Waals surface area contributed by atoms with Crippen LogP contribution in [-0.4, -0.2) is 36.0 Å². The lowest BCUT2D eigenvalue weighted by Crippen LogP contribution is -2.37. The second-order valence-corrected chi connectivity index (χ2v) is 6.02. The normalized spacial score (nSPS) is 11.0. The van der Waals surface area contributed by atoms with Crippen LogP contribution in [0.15, 0.2) is 0 Å². The van der Waals surface area contributed by atoms with Crippen LogP contribution < -0.4 is 16.0 Å². The van der Waals surface area contributed by atoms with Gasteiger partial charge in [-0.15, -0.1) is 0 Å². The third kappa shape index (κ3) is 4.58. The van der Waals surface area contributed by atoms with Crippen molar-refractivity contribution in [1.29, 1.82) is 0 Å². The smallest absolute Gasteiger partial charge is 0.236 e. The predicted molar refractivity (Wildman–Crippen MR) is 86.7 cm³/mol. The summed E-state index contributed by atoms with van der Waals surface area (Å²) in [7, 11) is 1.84. The number of hydrogen-bond acceptors (Lipinski definition) is 5. The van der Waals surface area contributed by atoms with Crippen LogP contribution in [0.3, 0.4) is 0 Å². The van der Waals surface area contributed by atoms with Gasteiger partial charge in [0.2, 0.25) is 5.91 Å². The molecule has 0 aliphatic rings. The topological polar surface area (TPSA) is 84.1 Å². The number of rotatable bonds is 7. The highest BCUT2D eigenvalue weighted by Gasteiger charge is 2.19. The number of aromatic nitrogens is 2. The molecular weight excluding hydrogens is 266 g/mol. The van der Waals surface area contributed by atoms with Crippen LogP contribution in [-0.2, 0) is 4.79 Å². The van der Waals surface area contributed by atoms with Gasteiger partial charge in [0.25, 0.3) is 0 Å². The molecule has 0 aliphatic heterocycles. The SMILES string of the molecule is CNc1nc(C(C)C)nc(N(CC(N)=O)CC(C)C)c1C. The number of carbonyl (C=O) groups is 1. The second kappa shape index (κ2) is 7.24. The lowest BCUT2D eigenvalue weighted by atomic mass is 10.1. The molecule has 0 bridgehead atoms. The van der Waals surface area contributed by atoms with Gasteiger partial charge in [-0.25, -0.2) is 9.97 Å². The Morgan fingerprint density at radius 1 is 1.29 bits per heavy atom. The zero-order valence-corrected chi connectivity index (χ0v) is 13.9. The van der Waals surface area contributed by atoms with Gasteiger partial charge in [-0.1, -0.05) is 27.7 Å². The van der Waals surface area contributed by atoms with E-state index in [1.807, 2.05) is 18.9 Å². The van der Waals surface area contributed by atoms with Gasteiger partial charge in [0.15, 0.2) is 0 Å². The van der Waals surface area contributed by atoms with Gasteiger partial charge in [0.1, 0.15) is 17.5 Å². The molecule has 0 saturated carbocycles. The van der Waals surface area contributed by atoms with Crippen LogP contribution in [0.5, 0.6) is 0 Å². The molecule has 6 nitrogen and oxygen atoms in total. The first-order valence-corrected chi connectivity index (χ1v) is 7.35. The van der Waals surface area contributed by atoms with Crippen molar-refractivity contribution in [3.63, 3.8) is 0 Å². The minimum atomic E-state index is -0.356. The van der Waals surface area contributed by atoms with Crippen LogP contribution in [0.2, 0.25) is 0 Å². The number of primary amides is 1. The highest BCUT2D eigenvalue weighted by atomic mass is 16.1. The summed E-state index contributed by atoms with van der Waals surface area (Å²) in [5.74, 6) is 2.60. The van der Waals surface area contributed by atoms with E-state index < -0.39 is 0 Å². The Morgan fingerprint density at radius 2 is 1.90 bits per heavy atom. The fourth-order valence-electron chi connectivity index (χ4n) is 2.19. The quantitative estimate of drug-likeness (QED) is 0.802. The van der Waals surface area contributed by atoms with Crippen molar-refractivity contribution in [2.24, 2.45) is 11.7 Å². The van der Waals surface area contributed by atoms with Gasteiger partial charge in [0.05, 0.1) is 6.54 Å². The summed E-state index contributed by atoms with van der Waals surface area (Å²) in [5.41, 5.74) is 6.32. The number of hydrogen-bond donors (Lipinski definition) is 2. The number of nitrogens with two attached hydrogens (primary N) is 1. The Bertz CT molecular complexity index is 499. The number of nitrogens with zero attached hydrogens (tertiary/aromatic N) is 3. The molecule has 0 radical (unpaired) electrons. The van der Waals surface area contributed by atoms with Gasteiger partial charge in [0, 0.05) is 25.1 Å². The van der Waals surface area contributed by atoms with Gasteiger partial charge >= 0.3 is 0 Å². The molecule has 21 heavy (non-hydrogen) atoms. The summed E-state index contributed by atoms with van der Waals surface area (Å²) in [6.45, 7) is 11.2. The molecule has 1 heterocycles. The Morgan fingerprint density at radius 3 is 2.33 bits per heavy atom. The maximum Gasteiger partial charge on any atom is 0.236 e. The highest BCUT2D eigenvalue weighted by molar-refractivity contribution is 5.79. The zero-order valence-electron chi connectivity index (χ0n) is 13.9. The average molecular weight is 293 g/mol. The number of amides is 1. The maximum absolute atomic E-state index is 11.4. The second-order valence-electron chi connectivity index (χ2n) is 6.02. The van der Waals surface area contributed by atoms with Crippen LogP contribution in [0, 0.1) is 12.8 Å². The van der Waals surface area contributed by atoms with E-state index >= 15 is 0 Å². The van der Waals surface area contributed by atoms with E-state index in [1.54, 1.807) is 0 Å². The molecule has 1 aromatic rings. The molecule has 0 aromatic carbocycles. The molecule has 1 aromatic heterocycles. The van der Waals surface area contributed by atoms with Crippen molar-refractivity contribution in [1.82, 2.24) is 9.97 Å². The van der Waals surface area contributed by atoms with Crippen molar-refractivity contribution >= 4 is 17.5 Å². The van der Waals surface area contributed by atoms with Gasteiger partial charge in [-0.05, 0) is 12.8 Å². The third-order valence-electron chi connectivity index (χ3n) is 3.12. The molecule has 0 unspecified atom stereocenters. The first-order chi connectivity index (χ1) is 9.76. The first-order valence-electron chi connectivity index (χ1n) is 7.35. The predicted octanol–water partition coefficient (Wildman–Crippen LogP) is 1.90. The summed E-state index contributed by atoms with van der Waals surface area (Å²) in [6, 6.07) is 0. The summed E-state index contributed by atoms with van der Waals surface area (Å²) >= 11 is 0. The number of nitrogens with one attached hydrogen (secondary N) is 1. The molecule has 0 aliphatic carbocycles. The Hall–Kier alpha value is -1.85. The minimum Gasteiger partial charge on any atom is -0.373 e. The largest absolute Gasteiger partial charge is 0.373 e. The molecular formula is C15H27N5O. The van der Waals surface area contributed by atoms with Crippen molar-refractivity contribution < 1.29 is 4.79 Å². The van der Waals surface area contributed by atoms with Crippen LogP contribution in [0.1, 0.15) is 45.0 Å². The van der Waals surface area contributed by atoms with E-state index in [9.17, 15) is 4.79 Å².